The molecular weight excluding hydrogens is 424 g/mol. The van der Waals surface area contributed by atoms with E-state index < -0.39 is 47.1 Å². The summed E-state index contributed by atoms with van der Waals surface area (Å²) in [5.74, 6) is -2.21. The fourth-order valence-corrected chi connectivity index (χ4v) is 3.73. The highest BCUT2D eigenvalue weighted by molar-refractivity contribution is 5.93. The Morgan fingerprint density at radius 1 is 0.938 bits per heavy atom. The topological polar surface area (TPSA) is 167 Å². The molecule has 0 saturated carbocycles. The molecule has 168 valence electrons. The normalized spacial score (nSPS) is 23.4. The number of hydrogen-bond acceptors (Lipinski definition) is 10. The third kappa shape index (κ3) is 3.34. The summed E-state index contributed by atoms with van der Waals surface area (Å²) < 4.78 is 16.8. The quantitative estimate of drug-likeness (QED) is 0.372. The van der Waals surface area contributed by atoms with Gasteiger partial charge in [0.15, 0.2) is 28.3 Å². The Bertz CT molecular complexity index is 1280. The summed E-state index contributed by atoms with van der Waals surface area (Å²) in [4.78, 5) is 25.2. The van der Waals surface area contributed by atoms with Crippen molar-refractivity contribution in [3.63, 3.8) is 0 Å². The van der Waals surface area contributed by atoms with Crippen LogP contribution in [0.15, 0.2) is 39.5 Å². The molecule has 1 aromatic heterocycles. The molecule has 1 aliphatic rings. The van der Waals surface area contributed by atoms with Gasteiger partial charge in [-0.25, -0.2) is 0 Å². The number of phenolic OH excluding ortho intramolecular Hbond substituents is 3. The first-order chi connectivity index (χ1) is 15.1. The van der Waals surface area contributed by atoms with Crippen LogP contribution in [0.4, 0.5) is 0 Å². The smallest absolute Gasteiger partial charge is 0.197 e. The Kier molecular flexibility index (Phi) is 5.29. The van der Waals surface area contributed by atoms with Crippen molar-refractivity contribution >= 4 is 16.8 Å². The van der Waals surface area contributed by atoms with E-state index in [9.17, 15) is 35.1 Å². The number of fused-ring (bicyclic) bond motifs is 1. The number of hydrogen-bond donors (Lipinski definition) is 5. The molecule has 0 radical (unpaired) electrons. The third-order valence-electron chi connectivity index (χ3n) is 5.42. The summed E-state index contributed by atoms with van der Waals surface area (Å²) in [6, 6.07) is 5.99. The Labute approximate surface area is 180 Å². The standard InChI is InChI=1S/C22H20O10/c1-8-18(27)19(28)20(29)22(31-8)17-15(30-2)7-13(26)16-12(25)6-14(32-21(16)17)9-3-4-10(23)11(24)5-9/h3-8,18,20,22-24,26-27,29H,1-2H3. The van der Waals surface area contributed by atoms with Crippen molar-refractivity contribution in [3.05, 3.63) is 46.1 Å². The first-order valence-electron chi connectivity index (χ1n) is 9.59. The minimum atomic E-state index is -1.80. The second-order valence-electron chi connectivity index (χ2n) is 7.45. The predicted octanol–water partition coefficient (Wildman–Crippen LogP) is 1.34. The van der Waals surface area contributed by atoms with Crippen LogP contribution in [-0.2, 0) is 9.53 Å². The zero-order valence-corrected chi connectivity index (χ0v) is 17.0. The number of aliphatic hydroxyl groups excluding tert-OH is 2. The van der Waals surface area contributed by atoms with E-state index in [1.165, 1.54) is 32.2 Å². The zero-order valence-electron chi connectivity index (χ0n) is 17.0. The number of benzene rings is 2. The summed E-state index contributed by atoms with van der Waals surface area (Å²) in [6.07, 6.45) is -5.69. The summed E-state index contributed by atoms with van der Waals surface area (Å²) in [5.41, 5.74) is -0.642. The molecule has 32 heavy (non-hydrogen) atoms. The van der Waals surface area contributed by atoms with Gasteiger partial charge in [-0.1, -0.05) is 0 Å². The predicted molar refractivity (Wildman–Crippen MR) is 110 cm³/mol. The van der Waals surface area contributed by atoms with Crippen LogP contribution in [0.3, 0.4) is 0 Å². The van der Waals surface area contributed by atoms with Gasteiger partial charge >= 0.3 is 0 Å². The lowest BCUT2D eigenvalue weighted by Crippen LogP contribution is -2.50. The van der Waals surface area contributed by atoms with Crippen LogP contribution in [-0.4, -0.2) is 56.7 Å². The molecule has 5 N–H and O–H groups in total. The van der Waals surface area contributed by atoms with E-state index in [1.807, 2.05) is 0 Å². The Balaban J connectivity index is 2.02. The SMILES string of the molecule is COc1cc(O)c2c(=O)cc(-c3ccc(O)c(O)c3)oc2c1C1OC(C)C(O)C(=O)C1O. The van der Waals surface area contributed by atoms with Gasteiger partial charge in [-0.3, -0.25) is 9.59 Å². The van der Waals surface area contributed by atoms with E-state index in [2.05, 4.69) is 0 Å². The highest BCUT2D eigenvalue weighted by Crippen LogP contribution is 2.43. The molecule has 4 atom stereocenters. The molecule has 4 unspecified atom stereocenters. The summed E-state index contributed by atoms with van der Waals surface area (Å²) >= 11 is 0. The fourth-order valence-electron chi connectivity index (χ4n) is 3.73. The van der Waals surface area contributed by atoms with Gasteiger partial charge in [-0.2, -0.15) is 0 Å². The Morgan fingerprint density at radius 2 is 1.66 bits per heavy atom. The molecule has 0 amide bonds. The van der Waals surface area contributed by atoms with Gasteiger partial charge in [-0.15, -0.1) is 0 Å². The van der Waals surface area contributed by atoms with Crippen LogP contribution in [0.1, 0.15) is 18.6 Å². The van der Waals surface area contributed by atoms with Crippen molar-refractivity contribution < 1.29 is 44.2 Å². The lowest BCUT2D eigenvalue weighted by molar-refractivity contribution is -0.180. The minimum Gasteiger partial charge on any atom is -0.507 e. The number of Topliss-reactive ketones (excluding diaryl/α,β-unsaturated/α-hetero) is 1. The number of aromatic hydroxyl groups is 3. The minimum absolute atomic E-state index is 0.0122. The maximum atomic E-state index is 12.9. The van der Waals surface area contributed by atoms with Gasteiger partial charge in [0.25, 0.3) is 0 Å². The Morgan fingerprint density at radius 3 is 2.31 bits per heavy atom. The molecule has 2 aromatic carbocycles. The summed E-state index contributed by atoms with van der Waals surface area (Å²) in [5, 5.41) is 50.0. The second kappa shape index (κ2) is 7.83. The highest BCUT2D eigenvalue weighted by atomic mass is 16.5. The molecule has 10 heteroatoms. The number of phenols is 3. The van der Waals surface area contributed by atoms with Crippen molar-refractivity contribution in [1.29, 1.82) is 0 Å². The molecule has 4 rings (SSSR count). The molecule has 1 fully saturated rings. The first-order valence-corrected chi connectivity index (χ1v) is 9.59. The highest BCUT2D eigenvalue weighted by Gasteiger charge is 2.44. The van der Waals surface area contributed by atoms with Crippen molar-refractivity contribution in [2.45, 2.75) is 31.3 Å². The van der Waals surface area contributed by atoms with E-state index in [1.54, 1.807) is 0 Å². The molecule has 0 spiro atoms. The molecule has 1 aliphatic heterocycles. The molecule has 0 aliphatic carbocycles. The molecule has 0 bridgehead atoms. The van der Waals surface area contributed by atoms with E-state index in [0.29, 0.717) is 0 Å². The van der Waals surface area contributed by atoms with Gasteiger partial charge < -0.3 is 39.4 Å². The lowest BCUT2D eigenvalue weighted by atomic mass is 9.91. The average molecular weight is 444 g/mol. The van der Waals surface area contributed by atoms with E-state index in [0.717, 1.165) is 12.1 Å². The summed E-state index contributed by atoms with van der Waals surface area (Å²) in [7, 11) is 1.28. The molecule has 2 heterocycles. The monoisotopic (exact) mass is 444 g/mol. The van der Waals surface area contributed by atoms with E-state index in [4.69, 9.17) is 13.9 Å². The van der Waals surface area contributed by atoms with Crippen LogP contribution in [0.25, 0.3) is 22.3 Å². The van der Waals surface area contributed by atoms with Crippen LogP contribution in [0.2, 0.25) is 0 Å². The van der Waals surface area contributed by atoms with Gasteiger partial charge in [0.2, 0.25) is 0 Å². The number of methoxy groups -OCH3 is 1. The molecule has 3 aromatic rings. The Hall–Kier alpha value is -3.60. The zero-order chi connectivity index (χ0) is 23.3. The number of rotatable bonds is 3. The number of aliphatic hydroxyl groups is 2. The van der Waals surface area contributed by atoms with Gasteiger partial charge in [0.1, 0.15) is 41.0 Å². The van der Waals surface area contributed by atoms with E-state index >= 15 is 0 Å². The first kappa shape index (κ1) is 21.6. The summed E-state index contributed by atoms with van der Waals surface area (Å²) in [6.45, 7) is 1.44. The second-order valence-corrected chi connectivity index (χ2v) is 7.45. The van der Waals surface area contributed by atoms with Gasteiger partial charge in [-0.05, 0) is 25.1 Å². The van der Waals surface area contributed by atoms with Crippen molar-refractivity contribution in [2.24, 2.45) is 0 Å². The van der Waals surface area contributed by atoms with Gasteiger partial charge in [0.05, 0.1) is 18.8 Å². The molecular formula is C22H20O10. The van der Waals surface area contributed by atoms with Gasteiger partial charge in [0, 0.05) is 17.7 Å². The van der Waals surface area contributed by atoms with E-state index in [-0.39, 0.29) is 39.4 Å². The lowest BCUT2D eigenvalue weighted by Gasteiger charge is -2.35. The van der Waals surface area contributed by atoms with Crippen LogP contribution < -0.4 is 10.2 Å². The van der Waals surface area contributed by atoms with Crippen LogP contribution in [0, 0.1) is 0 Å². The third-order valence-corrected chi connectivity index (χ3v) is 5.42. The van der Waals surface area contributed by atoms with Crippen molar-refractivity contribution in [3.8, 4) is 34.3 Å². The number of ether oxygens (including phenoxy) is 2. The molecule has 10 nitrogen and oxygen atoms in total. The van der Waals surface area contributed by atoms with Crippen LogP contribution in [0.5, 0.6) is 23.0 Å². The average Bonchev–Trinajstić information content (AvgIpc) is 2.76. The molecule has 1 saturated heterocycles. The van der Waals surface area contributed by atoms with Crippen molar-refractivity contribution in [1.82, 2.24) is 0 Å². The largest absolute Gasteiger partial charge is 0.507 e. The fraction of sp³-hybridized carbons (Fsp3) is 0.273. The number of carbonyl (C=O) groups is 1. The van der Waals surface area contributed by atoms with Crippen molar-refractivity contribution in [2.75, 3.05) is 7.11 Å². The number of carbonyl (C=O) groups excluding carboxylic acids is 1. The maximum Gasteiger partial charge on any atom is 0.197 e. The number of ketones is 1. The van der Waals surface area contributed by atoms with Crippen LogP contribution >= 0.6 is 0 Å². The maximum absolute atomic E-state index is 12.9.